The van der Waals surface area contributed by atoms with Gasteiger partial charge in [-0.25, -0.2) is 0 Å². The van der Waals surface area contributed by atoms with Crippen LogP contribution in [0.4, 0.5) is 0 Å². The van der Waals surface area contributed by atoms with Gasteiger partial charge >= 0.3 is 125 Å². The minimum absolute atomic E-state index is 0.101. The summed E-state index contributed by atoms with van der Waals surface area (Å²) in [6, 6.07) is 10.2. The number of unbranched alkanes of at least 4 members (excludes halogenated alkanes) is 1. The normalized spacial score (nSPS) is 10.4. The Morgan fingerprint density at radius 3 is 2.80 bits per heavy atom. The average Bonchev–Trinajstić information content (AvgIpc) is 2.93. The Morgan fingerprint density at radius 2 is 2.05 bits per heavy atom. The van der Waals surface area contributed by atoms with Crippen molar-refractivity contribution in [2.75, 3.05) is 6.61 Å². The van der Waals surface area contributed by atoms with Gasteiger partial charge in [0.1, 0.15) is 0 Å². The molecule has 1 heterocycles. The van der Waals surface area contributed by atoms with Crippen molar-refractivity contribution in [2.45, 2.75) is 32.6 Å². The van der Waals surface area contributed by atoms with Gasteiger partial charge in [0.15, 0.2) is 0 Å². The monoisotopic (exact) mass is 338 g/mol. The number of aryl methyl sites for hydroxylation is 1. The first-order chi connectivity index (χ1) is 9.81. The third-order valence-electron chi connectivity index (χ3n) is 2.94. The number of benzene rings is 1. The predicted octanol–water partition coefficient (Wildman–Crippen LogP) is 2.48. The Hall–Kier alpha value is -1.45. The Bertz CT molecular complexity index is 540. The van der Waals surface area contributed by atoms with E-state index < -0.39 is 0 Å². The van der Waals surface area contributed by atoms with E-state index in [0.29, 0.717) is 13.0 Å². The first-order valence-electron chi connectivity index (χ1n) is 6.83. The van der Waals surface area contributed by atoms with E-state index in [0.717, 1.165) is 30.5 Å². The van der Waals surface area contributed by atoms with Crippen LogP contribution in [0.15, 0.2) is 30.3 Å². The van der Waals surface area contributed by atoms with Crippen LogP contribution >= 0.6 is 0 Å². The molecule has 0 saturated carbocycles. The fourth-order valence-electron chi connectivity index (χ4n) is 1.98. The summed E-state index contributed by atoms with van der Waals surface area (Å²) in [5, 5.41) is 4.27. The van der Waals surface area contributed by atoms with Crippen LogP contribution in [-0.2, 0) is 16.0 Å². The van der Waals surface area contributed by atoms with Crippen molar-refractivity contribution in [3.63, 3.8) is 0 Å². The molecule has 0 atom stereocenters. The molecule has 0 N–H and O–H groups in total. The van der Waals surface area contributed by atoms with Gasteiger partial charge in [-0.3, -0.25) is 0 Å². The van der Waals surface area contributed by atoms with Crippen molar-refractivity contribution in [1.82, 2.24) is 9.19 Å². The number of carbonyl (C=O) groups is 1. The first-order valence-corrected chi connectivity index (χ1v) is 8.45. The molecule has 0 unspecified atom stereocenters. The Kier molecular flexibility index (Phi) is 5.96. The van der Waals surface area contributed by atoms with Crippen LogP contribution in [0.2, 0.25) is 0 Å². The number of aromatic nitrogens is 2. The third-order valence-corrected chi connectivity index (χ3v) is 4.58. The second-order valence-electron chi connectivity index (χ2n) is 4.42. The summed E-state index contributed by atoms with van der Waals surface area (Å²) in [6.07, 6.45) is 3.32. The average molecular weight is 337 g/mol. The zero-order chi connectivity index (χ0) is 14.2. The minimum atomic E-state index is -0.101. The quantitative estimate of drug-likeness (QED) is 0.442. The molecular formula is C15H18N2O2Se. The van der Waals surface area contributed by atoms with Crippen LogP contribution in [0, 0.1) is 0 Å². The van der Waals surface area contributed by atoms with Gasteiger partial charge < -0.3 is 0 Å². The van der Waals surface area contributed by atoms with Crippen molar-refractivity contribution in [1.29, 1.82) is 0 Å². The molecule has 0 bridgehead atoms. The summed E-state index contributed by atoms with van der Waals surface area (Å²) in [6.45, 7) is 2.29. The second kappa shape index (κ2) is 7.98. The number of carbonyl (C=O) groups excluding carboxylic acids is 1. The van der Waals surface area contributed by atoms with Gasteiger partial charge in [-0.05, 0) is 0 Å². The van der Waals surface area contributed by atoms with Gasteiger partial charge in [0.25, 0.3) is 0 Å². The molecule has 0 saturated heterocycles. The topological polar surface area (TPSA) is 52.1 Å². The van der Waals surface area contributed by atoms with Gasteiger partial charge in [-0.1, -0.05) is 0 Å². The number of hydrogen-bond acceptors (Lipinski definition) is 4. The van der Waals surface area contributed by atoms with E-state index in [2.05, 4.69) is 21.3 Å². The van der Waals surface area contributed by atoms with Crippen LogP contribution in [0.25, 0.3) is 11.3 Å². The van der Waals surface area contributed by atoms with Crippen molar-refractivity contribution >= 4 is 20.7 Å². The molecule has 5 heteroatoms. The van der Waals surface area contributed by atoms with E-state index in [-0.39, 0.29) is 20.7 Å². The van der Waals surface area contributed by atoms with Crippen molar-refractivity contribution in [3.8, 4) is 11.3 Å². The van der Waals surface area contributed by atoms with Crippen LogP contribution in [0.1, 0.15) is 30.6 Å². The standard InChI is InChI=1S/C15H18N2O2Se/c1-2-19-14(18)11-7-6-10-13-15(16-17-20-13)12-8-4-3-5-9-12/h3-5,8-9H,2,6-7,10-11H2,1H3. The molecule has 2 aromatic rings. The van der Waals surface area contributed by atoms with Gasteiger partial charge in [0, 0.05) is 0 Å². The molecule has 0 amide bonds. The van der Waals surface area contributed by atoms with Crippen LogP contribution in [0.3, 0.4) is 0 Å². The third kappa shape index (κ3) is 4.29. The molecule has 0 radical (unpaired) electrons. The summed E-state index contributed by atoms with van der Waals surface area (Å²) in [5.74, 6) is -0.101. The van der Waals surface area contributed by atoms with Crippen LogP contribution < -0.4 is 0 Å². The molecule has 20 heavy (non-hydrogen) atoms. The van der Waals surface area contributed by atoms with Crippen LogP contribution in [-0.4, -0.2) is 36.5 Å². The summed E-state index contributed by atoms with van der Waals surface area (Å²) in [7, 11) is 0. The Balaban J connectivity index is 1.86. The molecule has 106 valence electrons. The van der Waals surface area contributed by atoms with E-state index in [1.54, 1.807) is 0 Å². The number of esters is 1. The van der Waals surface area contributed by atoms with E-state index in [4.69, 9.17) is 4.74 Å². The zero-order valence-corrected chi connectivity index (χ0v) is 13.3. The summed E-state index contributed by atoms with van der Waals surface area (Å²) in [4.78, 5) is 11.3. The predicted molar refractivity (Wildman–Crippen MR) is 78.6 cm³/mol. The number of hydrogen-bond donors (Lipinski definition) is 0. The maximum absolute atomic E-state index is 11.3. The number of nitrogens with zero attached hydrogens (tertiary/aromatic N) is 2. The van der Waals surface area contributed by atoms with Crippen molar-refractivity contribution in [3.05, 3.63) is 34.8 Å². The van der Waals surface area contributed by atoms with Gasteiger partial charge in [0.2, 0.25) is 0 Å². The van der Waals surface area contributed by atoms with Gasteiger partial charge in [-0.15, -0.1) is 0 Å². The zero-order valence-electron chi connectivity index (χ0n) is 11.5. The van der Waals surface area contributed by atoms with Gasteiger partial charge in [-0.2, -0.15) is 0 Å². The molecule has 4 nitrogen and oxygen atoms in total. The summed E-state index contributed by atoms with van der Waals surface area (Å²) >= 11 is 0.120. The SMILES string of the molecule is CCOC(=O)CCCCc1[se]nnc1-c1ccccc1. The fourth-order valence-corrected chi connectivity index (χ4v) is 3.45. The van der Waals surface area contributed by atoms with Crippen molar-refractivity contribution in [2.24, 2.45) is 0 Å². The van der Waals surface area contributed by atoms with E-state index in [9.17, 15) is 4.79 Å². The first kappa shape index (κ1) is 14.9. The van der Waals surface area contributed by atoms with Crippen LogP contribution in [0.5, 0.6) is 0 Å². The summed E-state index contributed by atoms with van der Waals surface area (Å²) < 4.78 is 10.4. The van der Waals surface area contributed by atoms with Gasteiger partial charge in [0.05, 0.1) is 0 Å². The molecular weight excluding hydrogens is 319 g/mol. The number of rotatable bonds is 7. The maximum atomic E-state index is 11.3. The van der Waals surface area contributed by atoms with E-state index in [1.807, 2.05) is 25.1 Å². The molecule has 0 spiro atoms. The van der Waals surface area contributed by atoms with E-state index >= 15 is 0 Å². The molecule has 2 rings (SSSR count). The second-order valence-corrected chi connectivity index (χ2v) is 6.18. The van der Waals surface area contributed by atoms with E-state index in [1.165, 1.54) is 4.44 Å². The molecule has 1 aromatic heterocycles. The summed E-state index contributed by atoms with van der Waals surface area (Å²) in [5.41, 5.74) is 2.16. The Labute approximate surface area is 125 Å². The number of ether oxygens (including phenoxy) is 1. The van der Waals surface area contributed by atoms with Crippen molar-refractivity contribution < 1.29 is 9.53 Å². The molecule has 0 aliphatic rings. The molecule has 0 aliphatic heterocycles. The molecule has 0 aliphatic carbocycles. The molecule has 1 aromatic carbocycles. The molecule has 0 fully saturated rings. The Morgan fingerprint density at radius 1 is 1.25 bits per heavy atom. The fraction of sp³-hybridized carbons (Fsp3) is 0.400.